The Hall–Kier alpha value is -1.95. The predicted octanol–water partition coefficient (Wildman–Crippen LogP) is 2.35. The van der Waals surface area contributed by atoms with Crippen LogP contribution in [-0.2, 0) is 11.3 Å². The van der Waals surface area contributed by atoms with E-state index in [1.54, 1.807) is 17.8 Å². The number of nitrogens with zero attached hydrogens (tertiary/aromatic N) is 3. The van der Waals surface area contributed by atoms with Gasteiger partial charge in [0.05, 0.1) is 7.11 Å². The van der Waals surface area contributed by atoms with Crippen LogP contribution < -0.4 is 4.90 Å². The maximum absolute atomic E-state index is 11.4. The van der Waals surface area contributed by atoms with E-state index in [4.69, 9.17) is 0 Å². The maximum atomic E-state index is 11.4. The van der Waals surface area contributed by atoms with Crippen LogP contribution in [-0.4, -0.2) is 29.6 Å². The number of hydrogen-bond donors (Lipinski definition) is 0. The molecule has 0 amide bonds. The van der Waals surface area contributed by atoms with Crippen LogP contribution in [0, 0.1) is 0 Å². The molecule has 0 fully saturated rings. The number of methoxy groups -OCH3 is 1. The number of thiazole rings is 1. The third kappa shape index (κ3) is 3.29. The minimum Gasteiger partial charge on any atom is -0.464 e. The van der Waals surface area contributed by atoms with Crippen molar-refractivity contribution in [3.63, 3.8) is 0 Å². The van der Waals surface area contributed by atoms with Crippen LogP contribution in [0.25, 0.3) is 0 Å². The van der Waals surface area contributed by atoms with Gasteiger partial charge < -0.3 is 9.64 Å². The molecule has 0 aliphatic rings. The molecule has 0 atom stereocenters. The van der Waals surface area contributed by atoms with Gasteiger partial charge in [0.15, 0.2) is 10.8 Å². The van der Waals surface area contributed by atoms with Gasteiger partial charge >= 0.3 is 5.97 Å². The number of carbonyl (C=O) groups excluding carboxylic acids is 1. The van der Waals surface area contributed by atoms with Gasteiger partial charge in [0.25, 0.3) is 0 Å². The number of hydrogen-bond acceptors (Lipinski definition) is 6. The van der Waals surface area contributed by atoms with Crippen molar-refractivity contribution >= 4 is 22.4 Å². The molecule has 100 valence electrons. The Labute approximate surface area is 115 Å². The monoisotopic (exact) mass is 277 g/mol. The van der Waals surface area contributed by atoms with Crippen molar-refractivity contribution in [3.05, 3.63) is 41.2 Å². The van der Waals surface area contributed by atoms with E-state index in [0.29, 0.717) is 5.69 Å². The molecule has 0 bridgehead atoms. The summed E-state index contributed by atoms with van der Waals surface area (Å²) in [5.41, 5.74) is 1.52. The lowest BCUT2D eigenvalue weighted by atomic mass is 10.2. The number of rotatable bonds is 5. The van der Waals surface area contributed by atoms with Gasteiger partial charge in [0.2, 0.25) is 0 Å². The van der Waals surface area contributed by atoms with Crippen molar-refractivity contribution in [1.82, 2.24) is 9.97 Å². The van der Waals surface area contributed by atoms with Crippen molar-refractivity contribution in [2.45, 2.75) is 13.5 Å². The van der Waals surface area contributed by atoms with Gasteiger partial charge in [-0.15, -0.1) is 11.3 Å². The topological polar surface area (TPSA) is 55.3 Å². The number of anilines is 1. The minimum atomic E-state index is -0.400. The second-order valence-corrected chi connectivity index (χ2v) is 4.71. The lowest BCUT2D eigenvalue weighted by molar-refractivity contribution is 0.0595. The lowest BCUT2D eigenvalue weighted by Gasteiger charge is -2.19. The normalized spacial score (nSPS) is 10.2. The Balaban J connectivity index is 2.13. The molecule has 2 aromatic heterocycles. The highest BCUT2D eigenvalue weighted by Gasteiger charge is 2.14. The fourth-order valence-electron chi connectivity index (χ4n) is 1.63. The van der Waals surface area contributed by atoms with E-state index in [0.717, 1.165) is 23.8 Å². The minimum absolute atomic E-state index is 0.357. The summed E-state index contributed by atoms with van der Waals surface area (Å²) in [6.07, 6.45) is 3.54. The van der Waals surface area contributed by atoms with Gasteiger partial charge in [0.1, 0.15) is 0 Å². The Kier molecular flexibility index (Phi) is 4.46. The Bertz CT molecular complexity index is 542. The lowest BCUT2D eigenvalue weighted by Crippen LogP contribution is -2.22. The van der Waals surface area contributed by atoms with Gasteiger partial charge in [-0.1, -0.05) is 0 Å². The highest BCUT2D eigenvalue weighted by Crippen LogP contribution is 2.22. The average Bonchev–Trinajstić information content (AvgIpc) is 2.94. The van der Waals surface area contributed by atoms with E-state index in [1.165, 1.54) is 18.4 Å². The zero-order valence-electron chi connectivity index (χ0n) is 10.9. The Morgan fingerprint density at radius 3 is 2.79 bits per heavy atom. The smallest absolute Gasteiger partial charge is 0.357 e. The number of aromatic nitrogens is 2. The molecule has 6 heteroatoms. The number of pyridine rings is 1. The molecule has 5 nitrogen and oxygen atoms in total. The first-order valence-corrected chi connectivity index (χ1v) is 6.80. The average molecular weight is 277 g/mol. The fourth-order valence-corrected chi connectivity index (χ4v) is 2.49. The van der Waals surface area contributed by atoms with Crippen molar-refractivity contribution < 1.29 is 9.53 Å². The van der Waals surface area contributed by atoms with Crippen LogP contribution >= 0.6 is 11.3 Å². The number of carbonyl (C=O) groups is 1. The zero-order valence-corrected chi connectivity index (χ0v) is 11.7. The van der Waals surface area contributed by atoms with E-state index < -0.39 is 5.97 Å². The predicted molar refractivity (Wildman–Crippen MR) is 74.4 cm³/mol. The molecule has 2 aromatic rings. The summed E-state index contributed by atoms with van der Waals surface area (Å²) in [5, 5.41) is 2.54. The van der Waals surface area contributed by atoms with E-state index >= 15 is 0 Å². The van der Waals surface area contributed by atoms with Crippen LogP contribution in [0.5, 0.6) is 0 Å². The summed E-state index contributed by atoms with van der Waals surface area (Å²) in [7, 11) is 1.36. The summed E-state index contributed by atoms with van der Waals surface area (Å²) >= 11 is 1.44. The molecule has 0 aromatic carbocycles. The fraction of sp³-hybridized carbons (Fsp3) is 0.308. The highest BCUT2D eigenvalue weighted by molar-refractivity contribution is 7.13. The van der Waals surface area contributed by atoms with Crippen LogP contribution in [0.3, 0.4) is 0 Å². The van der Waals surface area contributed by atoms with E-state index in [2.05, 4.69) is 26.5 Å². The van der Waals surface area contributed by atoms with E-state index in [-0.39, 0.29) is 0 Å². The first kappa shape index (κ1) is 13.5. The highest BCUT2D eigenvalue weighted by atomic mass is 32.1. The molecule has 0 saturated heterocycles. The molecule has 0 aliphatic carbocycles. The zero-order chi connectivity index (χ0) is 13.7. The molecule has 0 N–H and O–H groups in total. The summed E-state index contributed by atoms with van der Waals surface area (Å²) in [6, 6.07) is 3.94. The summed E-state index contributed by atoms with van der Waals surface area (Å²) in [5.74, 6) is -0.400. The number of esters is 1. The quantitative estimate of drug-likeness (QED) is 0.785. The first-order chi connectivity index (χ1) is 9.24. The van der Waals surface area contributed by atoms with Gasteiger partial charge in [0, 0.05) is 30.9 Å². The van der Waals surface area contributed by atoms with E-state index in [1.807, 2.05) is 12.1 Å². The maximum Gasteiger partial charge on any atom is 0.357 e. The van der Waals surface area contributed by atoms with E-state index in [9.17, 15) is 4.79 Å². The first-order valence-electron chi connectivity index (χ1n) is 5.92. The molecule has 2 heterocycles. The summed E-state index contributed by atoms with van der Waals surface area (Å²) in [4.78, 5) is 21.8. The molecular formula is C13H15N3O2S. The second kappa shape index (κ2) is 6.29. The van der Waals surface area contributed by atoms with Crippen LogP contribution in [0.15, 0.2) is 29.9 Å². The third-order valence-electron chi connectivity index (χ3n) is 2.66. The standard InChI is InChI=1S/C13H15N3O2S/c1-3-16(8-10-4-6-14-7-5-10)13-15-11(9-19-13)12(17)18-2/h4-7,9H,3,8H2,1-2H3. The largest absolute Gasteiger partial charge is 0.464 e. The molecule has 0 spiro atoms. The van der Waals surface area contributed by atoms with Gasteiger partial charge in [-0.3, -0.25) is 4.98 Å². The Morgan fingerprint density at radius 2 is 2.16 bits per heavy atom. The van der Waals surface area contributed by atoms with Crippen LogP contribution in [0.4, 0.5) is 5.13 Å². The second-order valence-electron chi connectivity index (χ2n) is 3.88. The van der Waals surface area contributed by atoms with Crippen LogP contribution in [0.2, 0.25) is 0 Å². The SMILES string of the molecule is CCN(Cc1ccncc1)c1nc(C(=O)OC)cs1. The van der Waals surface area contributed by atoms with Gasteiger partial charge in [-0.05, 0) is 24.6 Å². The third-order valence-corrected chi connectivity index (χ3v) is 3.56. The van der Waals surface area contributed by atoms with Gasteiger partial charge in [-0.2, -0.15) is 0 Å². The van der Waals surface area contributed by atoms with Crippen LogP contribution in [0.1, 0.15) is 23.0 Å². The summed E-state index contributed by atoms with van der Waals surface area (Å²) in [6.45, 7) is 3.62. The molecule has 0 unspecified atom stereocenters. The summed E-state index contributed by atoms with van der Waals surface area (Å²) < 4.78 is 4.66. The molecule has 2 rings (SSSR count). The van der Waals surface area contributed by atoms with Crippen molar-refractivity contribution in [1.29, 1.82) is 0 Å². The van der Waals surface area contributed by atoms with Gasteiger partial charge in [-0.25, -0.2) is 9.78 Å². The Morgan fingerprint density at radius 1 is 1.42 bits per heavy atom. The molecule has 0 saturated carbocycles. The molecule has 19 heavy (non-hydrogen) atoms. The molecule has 0 aliphatic heterocycles. The van der Waals surface area contributed by atoms with Crippen molar-refractivity contribution in [3.8, 4) is 0 Å². The van der Waals surface area contributed by atoms with Crippen molar-refractivity contribution in [2.75, 3.05) is 18.6 Å². The van der Waals surface area contributed by atoms with Crippen molar-refractivity contribution in [2.24, 2.45) is 0 Å². The molecule has 0 radical (unpaired) electrons. The number of ether oxygens (including phenoxy) is 1. The molecular weight excluding hydrogens is 262 g/mol.